The zero-order valence-electron chi connectivity index (χ0n) is 41.4. The summed E-state index contributed by atoms with van der Waals surface area (Å²) < 4.78 is 0. The standard InChI is InChI=1S/C72H44.C2H6.CH4/c1-5-17-43(18-6-1)47-29-31-53-59(37-47)65(39-63-57-35-33-49(45-21-9-3-10-22-45)69-55-27-15-13-25-51(55)67(71(57)69)41-61(53)63)66-40-64-58-36-34-50(46-23-11-4-12-24-46)70-56-28-16-14-26-52(56)68(72(58)70)42-62(64)54-32-30-48(38-60(54)66)44-19-7-2-8-20-44;1-2;/h1-42,61,63H;1-2H3;1H4. The molecule has 0 heterocycles. The fourth-order valence-corrected chi connectivity index (χ4v) is 13.4. The van der Waals surface area contributed by atoms with Gasteiger partial charge in [0.25, 0.3) is 0 Å². The van der Waals surface area contributed by atoms with Gasteiger partial charge in [-0.1, -0.05) is 252 Å². The lowest BCUT2D eigenvalue weighted by Crippen LogP contribution is -2.20. The number of hydrogen-bond acceptors (Lipinski definition) is 0. The van der Waals surface area contributed by atoms with Crippen LogP contribution < -0.4 is 0 Å². The quantitative estimate of drug-likeness (QED) is 0.151. The maximum absolute atomic E-state index is 2.68. The smallest absolute Gasteiger partial charge is 0.0138 e. The summed E-state index contributed by atoms with van der Waals surface area (Å²) in [6, 6.07) is 91.3. The van der Waals surface area contributed by atoms with Crippen molar-refractivity contribution >= 4 is 43.5 Å². The van der Waals surface area contributed by atoms with Gasteiger partial charge in [0.2, 0.25) is 0 Å². The first-order valence-electron chi connectivity index (χ1n) is 26.4. The summed E-state index contributed by atoms with van der Waals surface area (Å²) in [5.74, 6) is 0.268. The third-order valence-electron chi connectivity index (χ3n) is 16.5. The summed E-state index contributed by atoms with van der Waals surface area (Å²) in [6.45, 7) is 4.00. The first-order chi connectivity index (χ1) is 36.7. The summed E-state index contributed by atoms with van der Waals surface area (Å²) in [4.78, 5) is 0. The Balaban J connectivity index is 0.00000170. The number of hydrogen-bond donors (Lipinski definition) is 0. The van der Waals surface area contributed by atoms with Gasteiger partial charge in [0.15, 0.2) is 0 Å². The van der Waals surface area contributed by atoms with E-state index in [1.165, 1.54) is 155 Å². The van der Waals surface area contributed by atoms with Crippen LogP contribution in [0.2, 0.25) is 0 Å². The van der Waals surface area contributed by atoms with Gasteiger partial charge in [0.05, 0.1) is 0 Å². The lowest BCUT2D eigenvalue weighted by molar-refractivity contribution is 0.717. The highest BCUT2D eigenvalue weighted by Crippen LogP contribution is 2.60. The Labute approximate surface area is 440 Å². The third-order valence-corrected chi connectivity index (χ3v) is 16.5. The number of allylic oxidation sites excluding steroid dienone is 2. The lowest BCUT2D eigenvalue weighted by Gasteiger charge is -2.37. The molecule has 4 aliphatic carbocycles. The molecule has 75 heavy (non-hydrogen) atoms. The minimum atomic E-state index is 0. The molecule has 0 fully saturated rings. The van der Waals surface area contributed by atoms with Gasteiger partial charge in [-0.2, -0.15) is 0 Å². The Hall–Kier alpha value is -9.10. The first-order valence-corrected chi connectivity index (χ1v) is 26.4. The molecule has 0 aliphatic heterocycles. The average Bonchev–Trinajstić information content (AvgIpc) is 4.13. The van der Waals surface area contributed by atoms with E-state index in [0.717, 1.165) is 0 Å². The van der Waals surface area contributed by atoms with E-state index in [1.54, 1.807) is 0 Å². The largest absolute Gasteiger partial charge is 0.0776 e. The molecule has 2 unspecified atom stereocenters. The van der Waals surface area contributed by atoms with Crippen LogP contribution in [0, 0.1) is 0 Å². The van der Waals surface area contributed by atoms with E-state index in [4.69, 9.17) is 0 Å². The summed E-state index contributed by atoms with van der Waals surface area (Å²) >= 11 is 0. The molecule has 12 aromatic carbocycles. The van der Waals surface area contributed by atoms with Crippen LogP contribution in [-0.4, -0.2) is 0 Å². The third kappa shape index (κ3) is 6.62. The Morgan fingerprint density at radius 2 is 0.707 bits per heavy atom. The predicted octanol–water partition coefficient (Wildman–Crippen LogP) is 20.9. The molecule has 0 spiro atoms. The van der Waals surface area contributed by atoms with Crippen LogP contribution in [0.5, 0.6) is 0 Å². The number of fused-ring (bicyclic) bond motifs is 14. The van der Waals surface area contributed by atoms with Gasteiger partial charge in [0.1, 0.15) is 0 Å². The summed E-state index contributed by atoms with van der Waals surface area (Å²) in [6.07, 6.45) is 5.31. The van der Waals surface area contributed by atoms with Crippen LogP contribution in [0.25, 0.3) is 121 Å². The fourth-order valence-electron chi connectivity index (χ4n) is 13.4. The van der Waals surface area contributed by atoms with Gasteiger partial charge in [0, 0.05) is 11.8 Å². The summed E-state index contributed by atoms with van der Waals surface area (Å²) in [7, 11) is 0. The summed E-state index contributed by atoms with van der Waals surface area (Å²) in [5.41, 5.74) is 28.7. The van der Waals surface area contributed by atoms with Crippen LogP contribution in [0.3, 0.4) is 0 Å². The SMILES string of the molecule is C.C1=C2c3ccccc3-c3c(-c4ccccc4)ccc(c32)C2C=C(c3cc4c5ccc(-c6ccccc6)c6c5c(cc4c4ccc(-c5ccccc5)cc34)-c3ccccc3-6)c3cc(-c4ccccc4)ccc3C12.CC. The zero-order chi connectivity index (χ0) is 49.0. The molecule has 0 N–H and O–H groups in total. The highest BCUT2D eigenvalue weighted by molar-refractivity contribution is 6.30. The highest BCUT2D eigenvalue weighted by atomic mass is 14.4. The number of rotatable bonds is 5. The Morgan fingerprint density at radius 3 is 1.37 bits per heavy atom. The molecule has 354 valence electrons. The molecular formula is C75H54. The average molecular weight is 955 g/mol. The second kappa shape index (κ2) is 17.5. The van der Waals surface area contributed by atoms with Gasteiger partial charge >= 0.3 is 0 Å². The first kappa shape index (κ1) is 44.6. The summed E-state index contributed by atoms with van der Waals surface area (Å²) in [5, 5.41) is 7.77. The molecule has 12 aromatic rings. The van der Waals surface area contributed by atoms with Crippen molar-refractivity contribution in [3.63, 3.8) is 0 Å². The van der Waals surface area contributed by atoms with Crippen molar-refractivity contribution in [1.82, 2.24) is 0 Å². The molecule has 0 aromatic heterocycles. The molecule has 0 bridgehead atoms. The molecule has 0 saturated carbocycles. The molecule has 4 aliphatic rings. The van der Waals surface area contributed by atoms with Crippen molar-refractivity contribution in [1.29, 1.82) is 0 Å². The van der Waals surface area contributed by atoms with E-state index in [0.29, 0.717) is 0 Å². The maximum Gasteiger partial charge on any atom is 0.0138 e. The molecule has 0 heteroatoms. The fraction of sp³-hybridized carbons (Fsp3) is 0.0667. The van der Waals surface area contributed by atoms with E-state index >= 15 is 0 Å². The van der Waals surface area contributed by atoms with E-state index < -0.39 is 0 Å². The van der Waals surface area contributed by atoms with Gasteiger partial charge in [-0.3, -0.25) is 0 Å². The van der Waals surface area contributed by atoms with Crippen LogP contribution in [0.4, 0.5) is 0 Å². The van der Waals surface area contributed by atoms with Gasteiger partial charge in [-0.25, -0.2) is 0 Å². The topological polar surface area (TPSA) is 0 Å². The Kier molecular flexibility index (Phi) is 10.4. The predicted molar refractivity (Wildman–Crippen MR) is 321 cm³/mol. The molecule has 2 atom stereocenters. The van der Waals surface area contributed by atoms with Gasteiger partial charge in [-0.05, 0) is 179 Å². The van der Waals surface area contributed by atoms with Crippen molar-refractivity contribution in [2.24, 2.45) is 0 Å². The van der Waals surface area contributed by atoms with Crippen molar-refractivity contribution in [3.8, 4) is 77.9 Å². The normalized spacial score (nSPS) is 14.9. The van der Waals surface area contributed by atoms with E-state index in [2.05, 4.69) is 255 Å². The monoisotopic (exact) mass is 954 g/mol. The zero-order valence-corrected chi connectivity index (χ0v) is 41.4. The van der Waals surface area contributed by atoms with Gasteiger partial charge < -0.3 is 0 Å². The molecule has 0 amide bonds. The molecule has 0 nitrogen and oxygen atoms in total. The minimum Gasteiger partial charge on any atom is -0.0776 e. The lowest BCUT2D eigenvalue weighted by atomic mass is 9.66. The van der Waals surface area contributed by atoms with Crippen LogP contribution in [-0.2, 0) is 0 Å². The van der Waals surface area contributed by atoms with Crippen LogP contribution in [0.1, 0.15) is 66.5 Å². The maximum atomic E-state index is 2.68. The van der Waals surface area contributed by atoms with Crippen molar-refractivity contribution in [2.75, 3.05) is 0 Å². The second-order valence-corrected chi connectivity index (χ2v) is 20.1. The van der Waals surface area contributed by atoms with E-state index in [1.807, 2.05) is 13.8 Å². The molecular weight excluding hydrogens is 901 g/mol. The Bertz CT molecular complexity index is 4340. The number of benzene rings is 12. The minimum absolute atomic E-state index is 0. The molecule has 0 saturated heterocycles. The highest BCUT2D eigenvalue weighted by Gasteiger charge is 2.41. The van der Waals surface area contributed by atoms with E-state index in [-0.39, 0.29) is 19.3 Å². The Morgan fingerprint density at radius 1 is 0.240 bits per heavy atom. The van der Waals surface area contributed by atoms with Crippen molar-refractivity contribution < 1.29 is 0 Å². The van der Waals surface area contributed by atoms with Crippen LogP contribution >= 0.6 is 0 Å². The van der Waals surface area contributed by atoms with E-state index in [9.17, 15) is 0 Å². The molecule has 0 radical (unpaired) electrons. The van der Waals surface area contributed by atoms with Gasteiger partial charge in [-0.15, -0.1) is 0 Å². The van der Waals surface area contributed by atoms with Crippen molar-refractivity contribution in [2.45, 2.75) is 33.1 Å². The second-order valence-electron chi connectivity index (χ2n) is 20.1. The van der Waals surface area contributed by atoms with Crippen molar-refractivity contribution in [3.05, 3.63) is 288 Å². The molecule has 16 rings (SSSR count). The van der Waals surface area contributed by atoms with Crippen LogP contribution in [0.15, 0.2) is 255 Å².